The molecule has 0 radical (unpaired) electrons. The third-order valence-electron chi connectivity index (χ3n) is 12.1. The molecule has 0 aliphatic carbocycles. The van der Waals surface area contributed by atoms with Gasteiger partial charge < -0.3 is 35.5 Å². The Labute approximate surface area is 345 Å². The first-order valence-corrected chi connectivity index (χ1v) is 19.9. The number of aliphatic hydroxyl groups is 3. The van der Waals surface area contributed by atoms with E-state index >= 15 is 0 Å². The first kappa shape index (κ1) is 38.4. The molecule has 0 aliphatic rings. The van der Waals surface area contributed by atoms with E-state index in [1.807, 2.05) is 30.5 Å². The third-order valence-corrected chi connectivity index (χ3v) is 12.1. The molecule has 2 atom stereocenters. The van der Waals surface area contributed by atoms with E-state index < -0.39 is 6.10 Å². The third kappa shape index (κ3) is 6.02. The predicted molar refractivity (Wildman–Crippen MR) is 248 cm³/mol. The SMILES string of the molecule is CC(c1ccc2ccc3cccc4ccc1c2c34)c1c[nH]c2cccc(O)c12.CO.CO.Oc1cccc2[nH]cc(C(O)c3ccc4ccc5cccc6ccc3c4c56)c12. The molecule has 0 fully saturated rings. The van der Waals surface area contributed by atoms with Crippen molar-refractivity contribution in [1.82, 2.24) is 9.97 Å². The van der Waals surface area contributed by atoms with Crippen molar-refractivity contribution in [1.29, 1.82) is 0 Å². The van der Waals surface area contributed by atoms with Gasteiger partial charge in [-0.25, -0.2) is 0 Å². The molecule has 12 rings (SSSR count). The molecule has 10 aromatic carbocycles. The number of nitrogens with one attached hydrogen (secondary N) is 2. The lowest BCUT2D eigenvalue weighted by molar-refractivity contribution is 0.223. The molecule has 0 bridgehead atoms. The van der Waals surface area contributed by atoms with Crippen LogP contribution in [0.4, 0.5) is 0 Å². The number of aromatic hydroxyl groups is 2. The molecule has 2 unspecified atom stereocenters. The van der Waals surface area contributed by atoms with E-state index in [0.29, 0.717) is 16.7 Å². The van der Waals surface area contributed by atoms with Crippen molar-refractivity contribution < 1.29 is 25.5 Å². The summed E-state index contributed by atoms with van der Waals surface area (Å²) in [6.45, 7) is 2.22. The molecule has 7 heteroatoms. The quantitative estimate of drug-likeness (QED) is 0.0892. The molecule has 2 aromatic heterocycles. The second-order valence-corrected chi connectivity index (χ2v) is 15.0. The van der Waals surface area contributed by atoms with Crippen molar-refractivity contribution in [2.24, 2.45) is 0 Å². The predicted octanol–water partition coefficient (Wildman–Crippen LogP) is 12.0. The standard InChI is InChI=1S/C26H19NO.C25H17NO2.2CH4O/c1-15(21-14-27-22-6-3-7-23(28)26(21)22)19-12-10-18-9-8-16-4-2-5-17-11-13-20(19)25(18)24(16)17;27-21-6-2-5-20-24(21)19(13-26-20)25(28)18-12-10-16-8-7-14-3-1-4-15-9-11-17(18)23(16)22(14)15;2*1-2/h2-15,27-28H,1H3;1-13,25-28H;2*2H,1H3. The first-order chi connectivity index (χ1) is 29.4. The maximum atomic E-state index is 11.3. The molecule has 60 heavy (non-hydrogen) atoms. The summed E-state index contributed by atoms with van der Waals surface area (Å²) in [7, 11) is 2.00. The second kappa shape index (κ2) is 15.5. The highest BCUT2D eigenvalue weighted by atomic mass is 16.3. The smallest absolute Gasteiger partial charge is 0.125 e. The molecule has 7 N–H and O–H groups in total. The number of phenols is 2. The van der Waals surface area contributed by atoms with Gasteiger partial charge in [0.25, 0.3) is 0 Å². The highest BCUT2D eigenvalue weighted by Crippen LogP contribution is 2.43. The lowest BCUT2D eigenvalue weighted by Gasteiger charge is -2.18. The Balaban J connectivity index is 0.000000143. The lowest BCUT2D eigenvalue weighted by Crippen LogP contribution is -2.00. The fourth-order valence-electron chi connectivity index (χ4n) is 9.41. The van der Waals surface area contributed by atoms with E-state index in [4.69, 9.17) is 10.2 Å². The number of hydrogen-bond acceptors (Lipinski definition) is 5. The fraction of sp³-hybridized carbons (Fsp3) is 0.0943. The van der Waals surface area contributed by atoms with Crippen molar-refractivity contribution in [3.05, 3.63) is 180 Å². The maximum Gasteiger partial charge on any atom is 0.125 e. The van der Waals surface area contributed by atoms with Crippen LogP contribution in [0.15, 0.2) is 158 Å². The van der Waals surface area contributed by atoms with E-state index in [-0.39, 0.29) is 11.7 Å². The minimum Gasteiger partial charge on any atom is -0.507 e. The zero-order valence-electron chi connectivity index (χ0n) is 33.4. The van der Waals surface area contributed by atoms with Gasteiger partial charge in [0.05, 0.1) is 0 Å². The van der Waals surface area contributed by atoms with Crippen LogP contribution in [0, 0.1) is 0 Å². The summed E-state index contributed by atoms with van der Waals surface area (Å²) in [4.78, 5) is 6.48. The fourth-order valence-corrected chi connectivity index (χ4v) is 9.41. The number of H-pyrrole nitrogens is 2. The Bertz CT molecular complexity index is 3190. The Hall–Kier alpha value is -7.16. The highest BCUT2D eigenvalue weighted by molar-refractivity contribution is 6.25. The number of aromatic amines is 2. The van der Waals surface area contributed by atoms with Gasteiger partial charge in [0.2, 0.25) is 0 Å². The van der Waals surface area contributed by atoms with Gasteiger partial charge in [0, 0.05) is 59.9 Å². The van der Waals surface area contributed by atoms with Crippen LogP contribution in [0.2, 0.25) is 0 Å². The topological polar surface area (TPSA) is 133 Å². The molecule has 0 spiro atoms. The Morgan fingerprint density at radius 3 is 1.23 bits per heavy atom. The summed E-state index contributed by atoms with van der Waals surface area (Å²) >= 11 is 0. The normalized spacial score (nSPS) is 12.5. The first-order valence-electron chi connectivity index (χ1n) is 19.9. The Morgan fingerprint density at radius 2 is 0.733 bits per heavy atom. The van der Waals surface area contributed by atoms with Crippen molar-refractivity contribution in [3.8, 4) is 11.5 Å². The van der Waals surface area contributed by atoms with E-state index in [0.717, 1.165) is 52.5 Å². The molecular formula is C53H44N2O5. The van der Waals surface area contributed by atoms with Gasteiger partial charge in [-0.2, -0.15) is 0 Å². The summed E-state index contributed by atoms with van der Waals surface area (Å²) in [5, 5.41) is 62.5. The van der Waals surface area contributed by atoms with Gasteiger partial charge in [-0.05, 0) is 106 Å². The molecule has 7 nitrogen and oxygen atoms in total. The van der Waals surface area contributed by atoms with E-state index in [1.54, 1.807) is 24.4 Å². The molecule has 296 valence electrons. The van der Waals surface area contributed by atoms with Crippen molar-refractivity contribution in [3.63, 3.8) is 0 Å². The van der Waals surface area contributed by atoms with E-state index in [1.165, 1.54) is 59.4 Å². The average Bonchev–Trinajstić information content (AvgIpc) is 3.95. The molecule has 0 saturated carbocycles. The Morgan fingerprint density at radius 1 is 0.367 bits per heavy atom. The van der Waals surface area contributed by atoms with Gasteiger partial charge in [0.15, 0.2) is 0 Å². The molecule has 2 heterocycles. The largest absolute Gasteiger partial charge is 0.507 e. The van der Waals surface area contributed by atoms with Gasteiger partial charge in [0.1, 0.15) is 17.6 Å². The molecule has 0 amide bonds. The van der Waals surface area contributed by atoms with Crippen LogP contribution < -0.4 is 0 Å². The molecule has 0 saturated heterocycles. The number of phenolic OH excluding ortho intramolecular Hbond substituents is 2. The summed E-state index contributed by atoms with van der Waals surface area (Å²) in [5.41, 5.74) is 5.72. The van der Waals surface area contributed by atoms with Crippen LogP contribution in [0.1, 0.15) is 41.2 Å². The van der Waals surface area contributed by atoms with E-state index in [2.05, 4.69) is 120 Å². The summed E-state index contributed by atoms with van der Waals surface area (Å²) in [6.07, 6.45) is 2.98. The van der Waals surface area contributed by atoms with E-state index in [9.17, 15) is 15.3 Å². The minimum atomic E-state index is -0.841. The summed E-state index contributed by atoms with van der Waals surface area (Å²) in [6, 6.07) is 49.8. The number of aromatic nitrogens is 2. The highest BCUT2D eigenvalue weighted by Gasteiger charge is 2.22. The van der Waals surface area contributed by atoms with Gasteiger partial charge in [-0.1, -0.05) is 128 Å². The van der Waals surface area contributed by atoms with Gasteiger partial charge in [-0.3, -0.25) is 0 Å². The summed E-state index contributed by atoms with van der Waals surface area (Å²) < 4.78 is 0. The van der Waals surface area contributed by atoms with Crippen molar-refractivity contribution in [2.75, 3.05) is 14.2 Å². The minimum absolute atomic E-state index is 0.159. The number of rotatable bonds is 4. The van der Waals surface area contributed by atoms with Crippen LogP contribution in [0.5, 0.6) is 11.5 Å². The molecular weight excluding hydrogens is 745 g/mol. The number of benzene rings is 10. The second-order valence-electron chi connectivity index (χ2n) is 15.0. The molecule has 12 aromatic rings. The molecule has 0 aliphatic heterocycles. The zero-order chi connectivity index (χ0) is 41.7. The van der Waals surface area contributed by atoms with Crippen LogP contribution in [-0.4, -0.2) is 49.7 Å². The Kier molecular flexibility index (Phi) is 9.94. The number of hydrogen-bond donors (Lipinski definition) is 7. The van der Waals surface area contributed by atoms with Crippen molar-refractivity contribution in [2.45, 2.75) is 18.9 Å². The van der Waals surface area contributed by atoms with Gasteiger partial charge >= 0.3 is 0 Å². The number of fused-ring (bicyclic) bond motifs is 2. The van der Waals surface area contributed by atoms with Crippen molar-refractivity contribution >= 4 is 86.4 Å². The zero-order valence-corrected chi connectivity index (χ0v) is 33.4. The monoisotopic (exact) mass is 788 g/mol. The lowest BCUT2D eigenvalue weighted by atomic mass is 9.85. The average molecular weight is 789 g/mol. The van der Waals surface area contributed by atoms with Gasteiger partial charge in [-0.15, -0.1) is 0 Å². The number of aliphatic hydroxyl groups excluding tert-OH is 3. The maximum absolute atomic E-state index is 11.3. The van der Waals surface area contributed by atoms with Crippen LogP contribution in [0.25, 0.3) is 86.4 Å². The van der Waals surface area contributed by atoms with Crippen LogP contribution in [-0.2, 0) is 0 Å². The van der Waals surface area contributed by atoms with Crippen LogP contribution >= 0.6 is 0 Å². The van der Waals surface area contributed by atoms with Crippen LogP contribution in [0.3, 0.4) is 0 Å². The summed E-state index contributed by atoms with van der Waals surface area (Å²) in [5.74, 6) is 0.662.